The third kappa shape index (κ3) is 3.58. The first kappa shape index (κ1) is 17.2. The van der Waals surface area contributed by atoms with Gasteiger partial charge in [0.25, 0.3) is 0 Å². The highest BCUT2D eigenvalue weighted by Crippen LogP contribution is 2.43. The van der Waals surface area contributed by atoms with E-state index in [0.29, 0.717) is 18.7 Å². The van der Waals surface area contributed by atoms with Crippen molar-refractivity contribution in [3.63, 3.8) is 0 Å². The molecule has 0 aliphatic heterocycles. The van der Waals surface area contributed by atoms with Crippen molar-refractivity contribution in [3.8, 4) is 0 Å². The molecule has 0 bridgehead atoms. The molecule has 1 aromatic heterocycles. The molecule has 1 aliphatic rings. The molecule has 6 nitrogen and oxygen atoms in total. The zero-order valence-electron chi connectivity index (χ0n) is 13.7. The van der Waals surface area contributed by atoms with Crippen LogP contribution in [0, 0.1) is 11.6 Å². The Labute approximate surface area is 143 Å². The first-order valence-corrected chi connectivity index (χ1v) is 7.88. The largest absolute Gasteiger partial charge is 0.377 e. The van der Waals surface area contributed by atoms with Gasteiger partial charge in [0.05, 0.1) is 5.54 Å². The van der Waals surface area contributed by atoms with Crippen LogP contribution in [0.25, 0.3) is 0 Å². The van der Waals surface area contributed by atoms with E-state index in [0.717, 1.165) is 6.42 Å². The lowest BCUT2D eigenvalue weighted by atomic mass is 9.71. The molecule has 132 valence electrons. The number of urea groups is 1. The standard InChI is InChI=1S/C17H18F2N4O2/c1-25-10-14-20-9-6-13(21-14)22-16(24)23-17(7-3-8-17)15-11(18)4-2-5-12(15)19/h2,4-6,9H,3,7-8,10H2,1H3,(H2,20,21,22,23,24). The van der Waals surface area contributed by atoms with Crippen LogP contribution in [0.5, 0.6) is 0 Å². The number of aromatic nitrogens is 2. The van der Waals surface area contributed by atoms with E-state index in [4.69, 9.17) is 4.74 Å². The number of carbonyl (C=O) groups excluding carboxylic acids is 1. The molecule has 0 unspecified atom stereocenters. The molecule has 1 fully saturated rings. The Balaban J connectivity index is 1.76. The molecule has 2 amide bonds. The molecule has 25 heavy (non-hydrogen) atoms. The number of anilines is 1. The van der Waals surface area contributed by atoms with Crippen LogP contribution in [0.2, 0.25) is 0 Å². The molecule has 3 rings (SSSR count). The van der Waals surface area contributed by atoms with Gasteiger partial charge in [0, 0.05) is 18.9 Å². The summed E-state index contributed by atoms with van der Waals surface area (Å²) in [6.07, 6.45) is 3.21. The molecule has 1 heterocycles. The number of nitrogens with zero attached hydrogens (tertiary/aromatic N) is 2. The highest BCUT2D eigenvalue weighted by molar-refractivity contribution is 5.89. The summed E-state index contributed by atoms with van der Waals surface area (Å²) in [6, 6.07) is 4.64. The van der Waals surface area contributed by atoms with Crippen molar-refractivity contribution in [2.45, 2.75) is 31.4 Å². The van der Waals surface area contributed by atoms with Gasteiger partial charge in [0.15, 0.2) is 5.82 Å². The van der Waals surface area contributed by atoms with Crippen LogP contribution in [0.15, 0.2) is 30.5 Å². The zero-order chi connectivity index (χ0) is 17.9. The van der Waals surface area contributed by atoms with Crippen molar-refractivity contribution in [2.24, 2.45) is 0 Å². The van der Waals surface area contributed by atoms with Gasteiger partial charge in [0.1, 0.15) is 24.1 Å². The van der Waals surface area contributed by atoms with Gasteiger partial charge in [0.2, 0.25) is 0 Å². The minimum absolute atomic E-state index is 0.0980. The number of hydrogen-bond donors (Lipinski definition) is 2. The Kier molecular flexibility index (Phi) is 4.89. The van der Waals surface area contributed by atoms with Crippen LogP contribution in [-0.4, -0.2) is 23.1 Å². The van der Waals surface area contributed by atoms with Crippen molar-refractivity contribution >= 4 is 11.8 Å². The highest BCUT2D eigenvalue weighted by Gasteiger charge is 2.44. The maximum Gasteiger partial charge on any atom is 0.321 e. The Morgan fingerprint density at radius 1 is 1.28 bits per heavy atom. The number of ether oxygens (including phenoxy) is 1. The first-order valence-electron chi connectivity index (χ1n) is 7.88. The van der Waals surface area contributed by atoms with Crippen molar-refractivity contribution in [1.82, 2.24) is 15.3 Å². The topological polar surface area (TPSA) is 76.1 Å². The van der Waals surface area contributed by atoms with Crippen LogP contribution in [-0.2, 0) is 16.9 Å². The molecular weight excluding hydrogens is 330 g/mol. The third-order valence-electron chi connectivity index (χ3n) is 4.22. The minimum atomic E-state index is -1.04. The molecule has 1 aromatic carbocycles. The molecule has 2 N–H and O–H groups in total. The monoisotopic (exact) mass is 348 g/mol. The second kappa shape index (κ2) is 7.10. The van der Waals surface area contributed by atoms with Gasteiger partial charge >= 0.3 is 6.03 Å². The quantitative estimate of drug-likeness (QED) is 0.871. The van der Waals surface area contributed by atoms with Crippen LogP contribution in [0.4, 0.5) is 19.4 Å². The van der Waals surface area contributed by atoms with Crippen LogP contribution >= 0.6 is 0 Å². The molecule has 0 saturated heterocycles. The number of halogens is 2. The van der Waals surface area contributed by atoms with E-state index < -0.39 is 23.2 Å². The second-order valence-corrected chi connectivity index (χ2v) is 5.90. The van der Waals surface area contributed by atoms with Crippen LogP contribution in [0.3, 0.4) is 0 Å². The maximum absolute atomic E-state index is 14.1. The van der Waals surface area contributed by atoms with Gasteiger partial charge in [-0.2, -0.15) is 0 Å². The fraction of sp³-hybridized carbons (Fsp3) is 0.353. The highest BCUT2D eigenvalue weighted by atomic mass is 19.1. The second-order valence-electron chi connectivity index (χ2n) is 5.90. The summed E-state index contributed by atoms with van der Waals surface area (Å²) in [6.45, 7) is 0.210. The number of methoxy groups -OCH3 is 1. The lowest BCUT2D eigenvalue weighted by molar-refractivity contribution is 0.175. The Morgan fingerprint density at radius 2 is 2.00 bits per heavy atom. The predicted octanol–water partition coefficient (Wildman–Crippen LogP) is 3.10. The van der Waals surface area contributed by atoms with Crippen LogP contribution < -0.4 is 10.6 Å². The SMILES string of the molecule is COCc1nccc(NC(=O)NC2(c3c(F)cccc3F)CCC2)n1. The number of amides is 2. The molecule has 1 aliphatic carbocycles. The summed E-state index contributed by atoms with van der Waals surface area (Å²) in [4.78, 5) is 20.5. The number of benzene rings is 1. The average Bonchev–Trinajstić information content (AvgIpc) is 2.52. The van der Waals surface area contributed by atoms with Gasteiger partial charge in [-0.05, 0) is 37.5 Å². The van der Waals surface area contributed by atoms with E-state index in [9.17, 15) is 13.6 Å². The summed E-state index contributed by atoms with van der Waals surface area (Å²) < 4.78 is 33.2. The Bertz CT molecular complexity index is 761. The molecule has 0 atom stereocenters. The van der Waals surface area contributed by atoms with Crippen molar-refractivity contribution < 1.29 is 18.3 Å². The van der Waals surface area contributed by atoms with E-state index in [1.165, 1.54) is 37.6 Å². The molecule has 1 saturated carbocycles. The summed E-state index contributed by atoms with van der Waals surface area (Å²) in [5.41, 5.74) is -1.14. The van der Waals surface area contributed by atoms with E-state index in [1.54, 1.807) is 0 Å². The summed E-state index contributed by atoms with van der Waals surface area (Å²) in [5.74, 6) is -0.629. The first-order chi connectivity index (χ1) is 12.0. The van der Waals surface area contributed by atoms with Gasteiger partial charge < -0.3 is 10.1 Å². The number of hydrogen-bond acceptors (Lipinski definition) is 4. The van der Waals surface area contributed by atoms with E-state index >= 15 is 0 Å². The van der Waals surface area contributed by atoms with Crippen molar-refractivity contribution in [2.75, 3.05) is 12.4 Å². The molecule has 2 aromatic rings. The van der Waals surface area contributed by atoms with Gasteiger partial charge in [-0.1, -0.05) is 6.07 Å². The summed E-state index contributed by atoms with van der Waals surface area (Å²) >= 11 is 0. The molecule has 0 radical (unpaired) electrons. The van der Waals surface area contributed by atoms with Crippen molar-refractivity contribution in [1.29, 1.82) is 0 Å². The van der Waals surface area contributed by atoms with Gasteiger partial charge in [-0.25, -0.2) is 23.5 Å². The minimum Gasteiger partial charge on any atom is -0.377 e. The fourth-order valence-electron chi connectivity index (χ4n) is 2.96. The Hall–Kier alpha value is -2.61. The summed E-state index contributed by atoms with van der Waals surface area (Å²) in [5, 5.41) is 5.28. The number of carbonyl (C=O) groups is 1. The summed E-state index contributed by atoms with van der Waals surface area (Å²) in [7, 11) is 1.51. The van der Waals surface area contributed by atoms with Crippen LogP contribution in [0.1, 0.15) is 30.7 Å². The average molecular weight is 348 g/mol. The zero-order valence-corrected chi connectivity index (χ0v) is 13.7. The normalized spacial score (nSPS) is 15.3. The molecular formula is C17H18F2N4O2. The van der Waals surface area contributed by atoms with Crippen molar-refractivity contribution in [3.05, 3.63) is 53.5 Å². The number of nitrogens with one attached hydrogen (secondary N) is 2. The maximum atomic E-state index is 14.1. The van der Waals surface area contributed by atoms with E-state index in [-0.39, 0.29) is 18.0 Å². The smallest absolute Gasteiger partial charge is 0.321 e. The molecule has 0 spiro atoms. The van der Waals surface area contributed by atoms with E-state index in [2.05, 4.69) is 20.6 Å². The fourth-order valence-corrected chi connectivity index (χ4v) is 2.96. The predicted molar refractivity (Wildman–Crippen MR) is 86.8 cm³/mol. The lowest BCUT2D eigenvalue weighted by Gasteiger charge is -2.43. The lowest BCUT2D eigenvalue weighted by Crippen LogP contribution is -2.53. The van der Waals surface area contributed by atoms with E-state index in [1.807, 2.05) is 0 Å². The third-order valence-corrected chi connectivity index (χ3v) is 4.22. The van der Waals surface area contributed by atoms with Gasteiger partial charge in [-0.15, -0.1) is 0 Å². The number of rotatable bonds is 5. The Morgan fingerprint density at radius 3 is 2.60 bits per heavy atom. The molecule has 8 heteroatoms. The van der Waals surface area contributed by atoms with Gasteiger partial charge in [-0.3, -0.25) is 5.32 Å².